The minimum atomic E-state index is -0.114. The first-order valence-electron chi connectivity index (χ1n) is 6.30. The van der Waals surface area contributed by atoms with Crippen LogP contribution in [0.3, 0.4) is 0 Å². The monoisotopic (exact) mass is 248 g/mol. The van der Waals surface area contributed by atoms with Crippen LogP contribution in [0.1, 0.15) is 24.8 Å². The highest BCUT2D eigenvalue weighted by Crippen LogP contribution is 2.34. The van der Waals surface area contributed by atoms with Crippen molar-refractivity contribution in [2.45, 2.75) is 31.3 Å². The average molecular weight is 248 g/mol. The first-order chi connectivity index (χ1) is 8.63. The van der Waals surface area contributed by atoms with Crippen molar-refractivity contribution in [2.24, 2.45) is 0 Å². The van der Waals surface area contributed by atoms with Crippen molar-refractivity contribution >= 4 is 11.6 Å². The molecule has 1 amide bonds. The molecular weight excluding hydrogens is 228 g/mol. The van der Waals surface area contributed by atoms with Crippen LogP contribution in [0.5, 0.6) is 0 Å². The molecule has 1 aromatic rings. The zero-order valence-electron chi connectivity index (χ0n) is 10.7. The van der Waals surface area contributed by atoms with Gasteiger partial charge >= 0.3 is 0 Å². The summed E-state index contributed by atoms with van der Waals surface area (Å²) in [7, 11) is 1.71. The Hall–Kier alpha value is -1.55. The van der Waals surface area contributed by atoms with Crippen molar-refractivity contribution in [3.8, 4) is 0 Å². The Morgan fingerprint density at radius 2 is 2.06 bits per heavy atom. The zero-order valence-corrected chi connectivity index (χ0v) is 10.7. The van der Waals surface area contributed by atoms with E-state index < -0.39 is 0 Å². The van der Waals surface area contributed by atoms with E-state index in [1.807, 2.05) is 24.3 Å². The average Bonchev–Trinajstić information content (AvgIpc) is 2.31. The first kappa shape index (κ1) is 12.9. The number of hydrogen-bond acceptors (Lipinski definition) is 3. The van der Waals surface area contributed by atoms with Gasteiger partial charge in [0.2, 0.25) is 5.91 Å². The Balaban J connectivity index is 1.80. The number of rotatable bonds is 5. The number of methoxy groups -OCH3 is 1. The van der Waals surface area contributed by atoms with E-state index in [0.717, 1.165) is 18.4 Å². The normalized spacial score (nSPS) is 16.9. The predicted molar refractivity (Wildman–Crippen MR) is 71.2 cm³/mol. The van der Waals surface area contributed by atoms with Gasteiger partial charge in [-0.3, -0.25) is 4.79 Å². The molecule has 0 aromatic heterocycles. The summed E-state index contributed by atoms with van der Waals surface area (Å²) in [5.74, 6) is 0.0306. The number of ether oxygens (including phenoxy) is 1. The third-order valence-electron chi connectivity index (χ3n) is 3.65. The van der Waals surface area contributed by atoms with Crippen LogP contribution in [0.15, 0.2) is 24.3 Å². The Labute approximate surface area is 108 Å². The maximum Gasteiger partial charge on any atom is 0.224 e. The number of hydrogen-bond donors (Lipinski definition) is 2. The lowest BCUT2D eigenvalue weighted by Gasteiger charge is -2.40. The smallest absolute Gasteiger partial charge is 0.224 e. The lowest BCUT2D eigenvalue weighted by Crippen LogP contribution is -2.49. The highest BCUT2D eigenvalue weighted by molar-refractivity contribution is 5.78. The van der Waals surface area contributed by atoms with Crippen LogP contribution in [-0.2, 0) is 16.0 Å². The van der Waals surface area contributed by atoms with E-state index in [4.69, 9.17) is 10.5 Å². The van der Waals surface area contributed by atoms with Crippen LogP contribution in [0.2, 0.25) is 0 Å². The third-order valence-corrected chi connectivity index (χ3v) is 3.65. The Bertz CT molecular complexity index is 405. The quantitative estimate of drug-likeness (QED) is 0.776. The van der Waals surface area contributed by atoms with Crippen LogP contribution in [0.4, 0.5) is 5.69 Å². The summed E-state index contributed by atoms with van der Waals surface area (Å²) in [6, 6.07) is 7.38. The van der Waals surface area contributed by atoms with Crippen molar-refractivity contribution in [2.75, 3.05) is 19.4 Å². The van der Waals surface area contributed by atoms with Gasteiger partial charge in [0, 0.05) is 19.3 Å². The largest absolute Gasteiger partial charge is 0.399 e. The molecule has 1 fully saturated rings. The highest BCUT2D eigenvalue weighted by atomic mass is 16.5. The summed E-state index contributed by atoms with van der Waals surface area (Å²) in [6.45, 7) is 0.608. The third kappa shape index (κ3) is 3.01. The molecule has 1 saturated carbocycles. The summed E-state index contributed by atoms with van der Waals surface area (Å²) in [4.78, 5) is 11.8. The second-order valence-electron chi connectivity index (χ2n) is 4.94. The van der Waals surface area contributed by atoms with Crippen molar-refractivity contribution in [1.29, 1.82) is 0 Å². The molecule has 0 bridgehead atoms. The Kier molecular flexibility index (Phi) is 3.87. The van der Waals surface area contributed by atoms with E-state index in [9.17, 15) is 4.79 Å². The van der Waals surface area contributed by atoms with Gasteiger partial charge in [-0.1, -0.05) is 12.1 Å². The molecule has 0 spiro atoms. The van der Waals surface area contributed by atoms with E-state index in [-0.39, 0.29) is 11.5 Å². The van der Waals surface area contributed by atoms with Gasteiger partial charge in [-0.15, -0.1) is 0 Å². The van der Waals surface area contributed by atoms with Gasteiger partial charge in [-0.25, -0.2) is 0 Å². The standard InChI is InChI=1S/C14H20N2O2/c1-18-14(7-2-8-14)10-16-13(17)9-11-3-5-12(15)6-4-11/h3-6H,2,7-10,15H2,1H3,(H,16,17). The molecule has 0 atom stereocenters. The van der Waals surface area contributed by atoms with Gasteiger partial charge in [0.25, 0.3) is 0 Å². The van der Waals surface area contributed by atoms with E-state index in [2.05, 4.69) is 5.32 Å². The van der Waals surface area contributed by atoms with E-state index >= 15 is 0 Å². The van der Waals surface area contributed by atoms with E-state index in [1.54, 1.807) is 7.11 Å². The van der Waals surface area contributed by atoms with Crippen molar-refractivity contribution in [3.63, 3.8) is 0 Å². The number of nitrogen functional groups attached to an aromatic ring is 1. The van der Waals surface area contributed by atoms with Crippen molar-refractivity contribution in [3.05, 3.63) is 29.8 Å². The maximum absolute atomic E-state index is 11.8. The minimum Gasteiger partial charge on any atom is -0.399 e. The minimum absolute atomic E-state index is 0.0306. The molecule has 4 nitrogen and oxygen atoms in total. The number of nitrogens with two attached hydrogens (primary N) is 1. The summed E-state index contributed by atoms with van der Waals surface area (Å²) in [5.41, 5.74) is 7.17. The van der Waals surface area contributed by atoms with Crippen LogP contribution < -0.4 is 11.1 Å². The summed E-state index contributed by atoms with van der Waals surface area (Å²) < 4.78 is 5.46. The van der Waals surface area contributed by atoms with Gasteiger partial charge in [0.1, 0.15) is 0 Å². The number of nitrogens with one attached hydrogen (secondary N) is 1. The molecule has 1 aliphatic carbocycles. The summed E-state index contributed by atoms with van der Waals surface area (Å²) >= 11 is 0. The second-order valence-corrected chi connectivity index (χ2v) is 4.94. The fourth-order valence-electron chi connectivity index (χ4n) is 2.17. The molecule has 0 unspecified atom stereocenters. The molecule has 0 radical (unpaired) electrons. The van der Waals surface area contributed by atoms with E-state index in [0.29, 0.717) is 18.7 Å². The van der Waals surface area contributed by atoms with Crippen LogP contribution in [0, 0.1) is 0 Å². The molecule has 4 heteroatoms. The van der Waals surface area contributed by atoms with Crippen LogP contribution in [-0.4, -0.2) is 25.2 Å². The summed E-state index contributed by atoms with van der Waals surface area (Å²) in [6.07, 6.45) is 3.64. The molecule has 1 aliphatic rings. The van der Waals surface area contributed by atoms with Crippen molar-refractivity contribution in [1.82, 2.24) is 5.32 Å². The van der Waals surface area contributed by atoms with Crippen LogP contribution in [0.25, 0.3) is 0 Å². The molecule has 0 heterocycles. The zero-order chi connectivity index (χ0) is 13.0. The molecule has 18 heavy (non-hydrogen) atoms. The molecular formula is C14H20N2O2. The Morgan fingerprint density at radius 1 is 1.39 bits per heavy atom. The van der Waals surface area contributed by atoms with Crippen molar-refractivity contribution < 1.29 is 9.53 Å². The first-order valence-corrected chi connectivity index (χ1v) is 6.30. The molecule has 2 rings (SSSR count). The van der Waals surface area contributed by atoms with E-state index in [1.165, 1.54) is 6.42 Å². The number of benzene rings is 1. The maximum atomic E-state index is 11.8. The fraction of sp³-hybridized carbons (Fsp3) is 0.500. The lowest BCUT2D eigenvalue weighted by atomic mass is 9.80. The second kappa shape index (κ2) is 5.40. The molecule has 98 valence electrons. The predicted octanol–water partition coefficient (Wildman–Crippen LogP) is 1.50. The molecule has 1 aromatic carbocycles. The molecule has 0 saturated heterocycles. The summed E-state index contributed by atoms with van der Waals surface area (Å²) in [5, 5.41) is 2.94. The molecule has 0 aliphatic heterocycles. The number of amides is 1. The van der Waals surface area contributed by atoms with Gasteiger partial charge in [0.05, 0.1) is 12.0 Å². The number of carbonyl (C=O) groups is 1. The topological polar surface area (TPSA) is 64.3 Å². The Morgan fingerprint density at radius 3 is 2.56 bits per heavy atom. The highest BCUT2D eigenvalue weighted by Gasteiger charge is 2.37. The SMILES string of the molecule is COC1(CNC(=O)Cc2ccc(N)cc2)CCC1. The van der Waals surface area contributed by atoms with Gasteiger partial charge in [-0.2, -0.15) is 0 Å². The number of anilines is 1. The number of carbonyl (C=O) groups excluding carboxylic acids is 1. The fourth-order valence-corrected chi connectivity index (χ4v) is 2.17. The van der Waals surface area contributed by atoms with Crippen LogP contribution >= 0.6 is 0 Å². The van der Waals surface area contributed by atoms with Gasteiger partial charge < -0.3 is 15.8 Å². The van der Waals surface area contributed by atoms with Gasteiger partial charge in [-0.05, 0) is 37.0 Å². The van der Waals surface area contributed by atoms with Gasteiger partial charge in [0.15, 0.2) is 0 Å². The lowest BCUT2D eigenvalue weighted by molar-refractivity contribution is -0.124. The molecule has 3 N–H and O–H groups in total.